The summed E-state index contributed by atoms with van der Waals surface area (Å²) in [6, 6.07) is 14.2. The molecule has 10 heteroatoms. The van der Waals surface area contributed by atoms with Crippen molar-refractivity contribution in [2.24, 2.45) is 10.2 Å². The normalized spacial score (nSPS) is 16.9. The van der Waals surface area contributed by atoms with Gasteiger partial charge in [0, 0.05) is 34.8 Å². The van der Waals surface area contributed by atoms with Gasteiger partial charge in [0.1, 0.15) is 5.25 Å². The van der Waals surface area contributed by atoms with E-state index in [0.29, 0.717) is 16.4 Å². The van der Waals surface area contributed by atoms with Crippen molar-refractivity contribution in [3.8, 4) is 0 Å². The Morgan fingerprint density at radius 2 is 1.97 bits per heavy atom. The maximum absolute atomic E-state index is 12.4. The Morgan fingerprint density at radius 1 is 1.18 bits per heavy atom. The van der Waals surface area contributed by atoms with Crippen LogP contribution in [0, 0.1) is 0 Å². The topological polar surface area (TPSA) is 125 Å². The van der Waals surface area contributed by atoms with Crippen molar-refractivity contribution >= 4 is 57.5 Å². The highest BCUT2D eigenvalue weighted by atomic mass is 32.2. The third kappa shape index (κ3) is 5.47. The Morgan fingerprint density at radius 3 is 2.76 bits per heavy atom. The molecule has 1 aromatic heterocycles. The number of H-pyrrole nitrogens is 1. The molecule has 3 aromatic rings. The van der Waals surface area contributed by atoms with Crippen molar-refractivity contribution in [3.05, 3.63) is 65.9 Å². The van der Waals surface area contributed by atoms with Gasteiger partial charge in [-0.15, -0.1) is 5.10 Å². The zero-order valence-electron chi connectivity index (χ0n) is 17.7. The zero-order chi connectivity index (χ0) is 23.2. The Balaban J connectivity index is 1.31. The molecule has 168 valence electrons. The van der Waals surface area contributed by atoms with Crippen LogP contribution >= 0.6 is 11.8 Å². The number of fused-ring (bicyclic) bond motifs is 1. The van der Waals surface area contributed by atoms with Gasteiger partial charge < -0.3 is 20.4 Å². The molecule has 9 nitrogen and oxygen atoms in total. The van der Waals surface area contributed by atoms with Crippen molar-refractivity contribution in [2.45, 2.75) is 18.6 Å². The lowest BCUT2D eigenvalue weighted by Gasteiger charge is -2.08. The number of esters is 1. The van der Waals surface area contributed by atoms with E-state index in [4.69, 9.17) is 4.74 Å². The lowest BCUT2D eigenvalue weighted by molar-refractivity contribution is -0.122. The quantitative estimate of drug-likeness (QED) is 0.282. The highest BCUT2D eigenvalue weighted by Crippen LogP contribution is 2.23. The number of ether oxygens (including phenoxy) is 1. The van der Waals surface area contributed by atoms with Crippen molar-refractivity contribution in [2.75, 3.05) is 11.9 Å². The number of amidine groups is 1. The number of rotatable bonds is 7. The predicted molar refractivity (Wildman–Crippen MR) is 128 cm³/mol. The van der Waals surface area contributed by atoms with E-state index in [2.05, 4.69) is 25.8 Å². The number of benzene rings is 2. The molecule has 1 aliphatic heterocycles. The van der Waals surface area contributed by atoms with Crippen LogP contribution in [0.15, 0.2) is 64.9 Å². The predicted octanol–water partition coefficient (Wildman–Crippen LogP) is 3.29. The number of amides is 2. The van der Waals surface area contributed by atoms with Crippen LogP contribution in [0.1, 0.15) is 29.3 Å². The Labute approximate surface area is 193 Å². The molecule has 1 aliphatic rings. The fourth-order valence-corrected chi connectivity index (χ4v) is 4.14. The fourth-order valence-electron chi connectivity index (χ4n) is 3.22. The Bertz CT molecular complexity index is 1250. The summed E-state index contributed by atoms with van der Waals surface area (Å²) in [6.45, 7) is 2.02. The fraction of sp³-hybridized carbons (Fsp3) is 0.174. The third-order valence-corrected chi connectivity index (χ3v) is 5.87. The molecule has 0 radical (unpaired) electrons. The van der Waals surface area contributed by atoms with E-state index in [1.807, 2.05) is 30.5 Å². The number of hydrogen-bond donors (Lipinski definition) is 3. The molecule has 4 rings (SSSR count). The summed E-state index contributed by atoms with van der Waals surface area (Å²) >= 11 is 1.16. The van der Waals surface area contributed by atoms with Crippen LogP contribution in [0.25, 0.3) is 10.9 Å². The van der Waals surface area contributed by atoms with E-state index in [1.165, 1.54) is 0 Å². The minimum Gasteiger partial charge on any atom is -0.462 e. The molecule has 1 fully saturated rings. The lowest BCUT2D eigenvalue weighted by Crippen LogP contribution is -2.28. The van der Waals surface area contributed by atoms with E-state index in [-0.39, 0.29) is 24.8 Å². The van der Waals surface area contributed by atoms with Crippen LogP contribution in [-0.4, -0.2) is 46.0 Å². The van der Waals surface area contributed by atoms with Gasteiger partial charge in [-0.2, -0.15) is 5.10 Å². The van der Waals surface area contributed by atoms with E-state index in [0.717, 1.165) is 28.2 Å². The van der Waals surface area contributed by atoms with Gasteiger partial charge in [-0.05, 0) is 37.3 Å². The van der Waals surface area contributed by atoms with Gasteiger partial charge >= 0.3 is 5.97 Å². The van der Waals surface area contributed by atoms with Crippen molar-refractivity contribution in [1.82, 2.24) is 10.3 Å². The third-order valence-electron chi connectivity index (χ3n) is 4.79. The molecule has 2 heterocycles. The molecule has 0 saturated carbocycles. The van der Waals surface area contributed by atoms with Gasteiger partial charge in [0.2, 0.25) is 11.8 Å². The number of hydrogen-bond acceptors (Lipinski definition) is 7. The first-order chi connectivity index (χ1) is 16.0. The number of aromatic nitrogens is 1. The van der Waals surface area contributed by atoms with Crippen molar-refractivity contribution in [3.63, 3.8) is 0 Å². The van der Waals surface area contributed by atoms with Gasteiger partial charge in [-0.3, -0.25) is 9.59 Å². The Kier molecular flexibility index (Phi) is 6.84. The van der Waals surface area contributed by atoms with Crippen LogP contribution in [0.5, 0.6) is 0 Å². The average molecular weight is 464 g/mol. The second-order valence-electron chi connectivity index (χ2n) is 7.09. The van der Waals surface area contributed by atoms with Gasteiger partial charge in [-0.25, -0.2) is 4.79 Å². The maximum Gasteiger partial charge on any atom is 0.338 e. The summed E-state index contributed by atoms with van der Waals surface area (Å²) in [4.78, 5) is 39.4. The van der Waals surface area contributed by atoms with Crippen molar-refractivity contribution in [1.29, 1.82) is 0 Å². The van der Waals surface area contributed by atoms with E-state index >= 15 is 0 Å². The minimum absolute atomic E-state index is 0.0265. The molecule has 1 unspecified atom stereocenters. The summed E-state index contributed by atoms with van der Waals surface area (Å²) in [7, 11) is 0. The SMILES string of the molecule is CCOC(=O)c1ccc(NC(=O)CC2S/C(=N\N=C/c3c[nH]c4ccccc34)NC2=O)cc1. The van der Waals surface area contributed by atoms with Crippen molar-refractivity contribution < 1.29 is 19.1 Å². The second kappa shape index (κ2) is 10.1. The molecule has 0 spiro atoms. The van der Waals surface area contributed by atoms with Crippen LogP contribution in [-0.2, 0) is 14.3 Å². The first kappa shape index (κ1) is 22.3. The number of carbonyl (C=O) groups is 3. The summed E-state index contributed by atoms with van der Waals surface area (Å²) in [5, 5.41) is 14.3. The number of para-hydroxylation sites is 1. The summed E-state index contributed by atoms with van der Waals surface area (Å²) in [5.74, 6) is -1.04. The molecule has 2 amide bonds. The highest BCUT2D eigenvalue weighted by molar-refractivity contribution is 8.15. The summed E-state index contributed by atoms with van der Waals surface area (Å²) < 4.78 is 4.93. The van der Waals surface area contributed by atoms with Crippen LogP contribution in [0.4, 0.5) is 5.69 Å². The monoisotopic (exact) mass is 463 g/mol. The smallest absolute Gasteiger partial charge is 0.338 e. The molecule has 33 heavy (non-hydrogen) atoms. The molecular weight excluding hydrogens is 442 g/mol. The van der Waals surface area contributed by atoms with Crippen LogP contribution < -0.4 is 10.6 Å². The summed E-state index contributed by atoms with van der Waals surface area (Å²) in [6.07, 6.45) is 3.42. The average Bonchev–Trinajstić information content (AvgIpc) is 3.37. The largest absolute Gasteiger partial charge is 0.462 e. The van der Waals surface area contributed by atoms with Gasteiger partial charge in [0.15, 0.2) is 5.17 Å². The van der Waals surface area contributed by atoms with E-state index in [9.17, 15) is 14.4 Å². The van der Waals surface area contributed by atoms with Gasteiger partial charge in [-0.1, -0.05) is 30.0 Å². The van der Waals surface area contributed by atoms with Gasteiger partial charge in [0.05, 0.1) is 18.4 Å². The van der Waals surface area contributed by atoms with Crippen LogP contribution in [0.2, 0.25) is 0 Å². The number of nitrogens with one attached hydrogen (secondary N) is 3. The standard InChI is InChI=1S/C23H21N5O4S/c1-2-32-22(31)14-7-9-16(10-8-14)26-20(29)11-19-21(30)27-23(33-19)28-25-13-15-12-24-18-6-4-3-5-17(15)18/h3-10,12-13,19,24H,2,11H2,1H3,(H,26,29)(H,27,28,30)/b25-13-. The number of thioether (sulfide) groups is 1. The summed E-state index contributed by atoms with van der Waals surface area (Å²) in [5.41, 5.74) is 2.80. The number of nitrogens with zero attached hydrogens (tertiary/aromatic N) is 2. The number of anilines is 1. The zero-order valence-corrected chi connectivity index (χ0v) is 18.5. The lowest BCUT2D eigenvalue weighted by atomic mass is 10.2. The highest BCUT2D eigenvalue weighted by Gasteiger charge is 2.32. The van der Waals surface area contributed by atoms with E-state index in [1.54, 1.807) is 37.4 Å². The molecule has 3 N–H and O–H groups in total. The van der Waals surface area contributed by atoms with Gasteiger partial charge in [0.25, 0.3) is 0 Å². The Hall–Kier alpha value is -3.92. The number of aromatic amines is 1. The van der Waals surface area contributed by atoms with E-state index < -0.39 is 11.2 Å². The van der Waals surface area contributed by atoms with Crippen LogP contribution in [0.3, 0.4) is 0 Å². The molecule has 2 aromatic carbocycles. The molecule has 0 aliphatic carbocycles. The first-order valence-corrected chi connectivity index (χ1v) is 11.1. The maximum atomic E-state index is 12.4. The number of carbonyl (C=O) groups excluding carboxylic acids is 3. The molecule has 0 bridgehead atoms. The second-order valence-corrected chi connectivity index (χ2v) is 8.28. The minimum atomic E-state index is -0.606. The molecule has 1 saturated heterocycles. The molecular formula is C23H21N5O4S. The first-order valence-electron chi connectivity index (χ1n) is 10.2. The molecule has 1 atom stereocenters.